The molecule has 20 heavy (non-hydrogen) atoms. The standard InChI is InChI=1S/C15H18N4S/c1-10-9-19(12-8-6-5-7-11(10)12)14(16)13(17-2)15(18-3)20-4/h5-8,10,16H,2-3,9H2,1,4H3/b15-13-,16-14?. The lowest BCUT2D eigenvalue weighted by atomic mass is 10.0. The second kappa shape index (κ2) is 6.05. The smallest absolute Gasteiger partial charge is 0.154 e. The molecule has 0 aromatic heterocycles. The zero-order chi connectivity index (χ0) is 14.7. The minimum atomic E-state index is 0.327. The van der Waals surface area contributed by atoms with Crippen molar-refractivity contribution in [3.05, 3.63) is 40.6 Å². The highest BCUT2D eigenvalue weighted by atomic mass is 32.2. The quantitative estimate of drug-likeness (QED) is 0.680. The number of amidine groups is 1. The molecule has 1 aromatic carbocycles. The highest BCUT2D eigenvalue weighted by Crippen LogP contribution is 2.37. The molecule has 1 atom stereocenters. The van der Waals surface area contributed by atoms with Gasteiger partial charge in [0.15, 0.2) is 5.84 Å². The van der Waals surface area contributed by atoms with E-state index < -0.39 is 0 Å². The normalized spacial score (nSPS) is 18.3. The van der Waals surface area contributed by atoms with Gasteiger partial charge in [-0.2, -0.15) is 0 Å². The van der Waals surface area contributed by atoms with Crippen LogP contribution in [0.5, 0.6) is 0 Å². The van der Waals surface area contributed by atoms with Gasteiger partial charge in [0.1, 0.15) is 10.7 Å². The van der Waals surface area contributed by atoms with Crippen molar-refractivity contribution >= 4 is 36.7 Å². The van der Waals surface area contributed by atoms with Crippen molar-refractivity contribution in [2.75, 3.05) is 17.7 Å². The van der Waals surface area contributed by atoms with Crippen molar-refractivity contribution < 1.29 is 0 Å². The summed E-state index contributed by atoms with van der Waals surface area (Å²) in [5.74, 6) is 0.723. The second-order valence-corrected chi connectivity index (χ2v) is 5.39. The van der Waals surface area contributed by atoms with Crippen LogP contribution < -0.4 is 4.90 Å². The first-order valence-electron chi connectivity index (χ1n) is 6.31. The molecule has 0 radical (unpaired) electrons. The van der Waals surface area contributed by atoms with Crippen LogP contribution in [-0.2, 0) is 0 Å². The van der Waals surface area contributed by atoms with E-state index in [1.807, 2.05) is 29.4 Å². The number of hydrogen-bond acceptors (Lipinski definition) is 4. The van der Waals surface area contributed by atoms with Crippen molar-refractivity contribution in [3.8, 4) is 0 Å². The van der Waals surface area contributed by atoms with Crippen LogP contribution in [-0.4, -0.2) is 32.1 Å². The van der Waals surface area contributed by atoms with Crippen LogP contribution in [0.1, 0.15) is 18.4 Å². The molecule has 1 aromatic rings. The van der Waals surface area contributed by atoms with Crippen LogP contribution in [0.15, 0.2) is 45.0 Å². The lowest BCUT2D eigenvalue weighted by Gasteiger charge is -2.21. The minimum absolute atomic E-state index is 0.327. The molecule has 2 rings (SSSR count). The van der Waals surface area contributed by atoms with Gasteiger partial charge in [0.25, 0.3) is 0 Å². The summed E-state index contributed by atoms with van der Waals surface area (Å²) in [5, 5.41) is 9.06. The van der Waals surface area contributed by atoms with E-state index in [1.165, 1.54) is 17.3 Å². The Morgan fingerprint density at radius 3 is 2.65 bits per heavy atom. The number of benzene rings is 1. The number of thioether (sulfide) groups is 1. The highest BCUT2D eigenvalue weighted by molar-refractivity contribution is 8.02. The third-order valence-electron chi connectivity index (χ3n) is 3.41. The summed E-state index contributed by atoms with van der Waals surface area (Å²) in [6, 6.07) is 8.17. The molecule has 1 aliphatic rings. The van der Waals surface area contributed by atoms with Gasteiger partial charge in [0.2, 0.25) is 0 Å². The molecule has 0 aliphatic carbocycles. The van der Waals surface area contributed by atoms with Gasteiger partial charge in [-0.05, 0) is 31.3 Å². The number of hydrogen-bond donors (Lipinski definition) is 1. The fourth-order valence-electron chi connectivity index (χ4n) is 2.44. The molecular formula is C15H18N4S. The summed E-state index contributed by atoms with van der Waals surface area (Å²) in [4.78, 5) is 9.88. The number of aliphatic imine (C=N–C) groups is 2. The molecule has 5 heteroatoms. The number of fused-ring (bicyclic) bond motifs is 1. The van der Waals surface area contributed by atoms with E-state index in [0.29, 0.717) is 22.5 Å². The Morgan fingerprint density at radius 2 is 2.05 bits per heavy atom. The van der Waals surface area contributed by atoms with Gasteiger partial charge in [0, 0.05) is 18.2 Å². The Hall–Kier alpha value is -1.88. The van der Waals surface area contributed by atoms with Crippen LogP contribution in [0.3, 0.4) is 0 Å². The number of nitrogens with zero attached hydrogens (tertiary/aromatic N) is 3. The second-order valence-electron chi connectivity index (χ2n) is 4.59. The van der Waals surface area contributed by atoms with E-state index in [2.05, 4.69) is 36.4 Å². The lowest BCUT2D eigenvalue weighted by Crippen LogP contribution is -2.30. The largest absolute Gasteiger partial charge is 0.324 e. The Labute approximate surface area is 123 Å². The summed E-state index contributed by atoms with van der Waals surface area (Å²) in [6.07, 6.45) is 1.89. The molecule has 0 fully saturated rings. The fourth-order valence-corrected chi connectivity index (χ4v) is 2.92. The highest BCUT2D eigenvalue weighted by Gasteiger charge is 2.29. The van der Waals surface area contributed by atoms with Crippen LogP contribution in [0.25, 0.3) is 0 Å². The maximum atomic E-state index is 8.43. The predicted molar refractivity (Wildman–Crippen MR) is 89.6 cm³/mol. The molecule has 0 saturated heterocycles. The van der Waals surface area contributed by atoms with E-state index in [-0.39, 0.29) is 0 Å². The van der Waals surface area contributed by atoms with Crippen LogP contribution >= 0.6 is 11.8 Å². The van der Waals surface area contributed by atoms with Gasteiger partial charge in [-0.1, -0.05) is 25.1 Å². The maximum Gasteiger partial charge on any atom is 0.154 e. The van der Waals surface area contributed by atoms with Gasteiger partial charge in [-0.3, -0.25) is 15.4 Å². The van der Waals surface area contributed by atoms with Crippen molar-refractivity contribution in [3.63, 3.8) is 0 Å². The topological polar surface area (TPSA) is 51.8 Å². The number of para-hydroxylation sites is 1. The third-order valence-corrected chi connectivity index (χ3v) is 4.12. The zero-order valence-electron chi connectivity index (χ0n) is 11.8. The Bertz CT molecular complexity index is 591. The summed E-state index contributed by atoms with van der Waals surface area (Å²) < 4.78 is 0. The maximum absolute atomic E-state index is 8.43. The van der Waals surface area contributed by atoms with Gasteiger partial charge >= 0.3 is 0 Å². The average Bonchev–Trinajstić information content (AvgIpc) is 2.82. The fraction of sp³-hybridized carbons (Fsp3) is 0.267. The molecule has 1 aliphatic heterocycles. The molecule has 0 saturated carbocycles. The van der Waals surface area contributed by atoms with Crippen LogP contribution in [0, 0.1) is 5.41 Å². The molecular weight excluding hydrogens is 268 g/mol. The Kier molecular flexibility index (Phi) is 4.39. The first-order valence-corrected chi connectivity index (χ1v) is 7.53. The molecule has 1 N–H and O–H groups in total. The van der Waals surface area contributed by atoms with E-state index in [9.17, 15) is 0 Å². The number of anilines is 1. The first kappa shape index (κ1) is 14.5. The molecule has 0 spiro atoms. The Balaban J connectivity index is 2.43. The summed E-state index contributed by atoms with van der Waals surface area (Å²) >= 11 is 1.42. The molecule has 104 valence electrons. The van der Waals surface area contributed by atoms with Crippen molar-refractivity contribution in [2.45, 2.75) is 12.8 Å². The van der Waals surface area contributed by atoms with Crippen molar-refractivity contribution in [2.24, 2.45) is 9.98 Å². The van der Waals surface area contributed by atoms with Crippen LogP contribution in [0.2, 0.25) is 0 Å². The van der Waals surface area contributed by atoms with Crippen molar-refractivity contribution in [1.29, 1.82) is 5.41 Å². The predicted octanol–water partition coefficient (Wildman–Crippen LogP) is 3.52. The Morgan fingerprint density at radius 1 is 1.35 bits per heavy atom. The van der Waals surface area contributed by atoms with Crippen LogP contribution in [0.4, 0.5) is 5.69 Å². The molecule has 0 amide bonds. The van der Waals surface area contributed by atoms with E-state index in [4.69, 9.17) is 5.41 Å². The molecule has 1 unspecified atom stereocenters. The zero-order valence-corrected chi connectivity index (χ0v) is 12.6. The molecule has 4 nitrogen and oxygen atoms in total. The SMILES string of the molecule is C=N/C(SC)=C(/N=C)C(=N)N1CC(C)c2ccccc21. The average molecular weight is 286 g/mol. The van der Waals surface area contributed by atoms with E-state index >= 15 is 0 Å². The number of nitrogens with one attached hydrogen (secondary N) is 1. The van der Waals surface area contributed by atoms with E-state index in [0.717, 1.165) is 12.2 Å². The third kappa shape index (κ3) is 2.41. The summed E-state index contributed by atoms with van der Waals surface area (Å²) in [5.41, 5.74) is 2.81. The summed E-state index contributed by atoms with van der Waals surface area (Å²) in [6.45, 7) is 10.0. The van der Waals surface area contributed by atoms with Gasteiger partial charge < -0.3 is 4.90 Å². The van der Waals surface area contributed by atoms with Gasteiger partial charge in [0.05, 0.1) is 0 Å². The lowest BCUT2D eigenvalue weighted by molar-refractivity contribution is 0.819. The monoisotopic (exact) mass is 286 g/mol. The summed E-state index contributed by atoms with van der Waals surface area (Å²) in [7, 11) is 0. The minimum Gasteiger partial charge on any atom is -0.324 e. The number of rotatable bonds is 4. The van der Waals surface area contributed by atoms with Gasteiger partial charge in [-0.25, -0.2) is 0 Å². The van der Waals surface area contributed by atoms with E-state index in [1.54, 1.807) is 0 Å². The molecule has 0 bridgehead atoms. The van der Waals surface area contributed by atoms with Crippen molar-refractivity contribution in [1.82, 2.24) is 0 Å². The molecule has 1 heterocycles. The first-order chi connectivity index (χ1) is 9.63. The van der Waals surface area contributed by atoms with Gasteiger partial charge in [-0.15, -0.1) is 11.8 Å².